The topological polar surface area (TPSA) is 134 Å². The summed E-state index contributed by atoms with van der Waals surface area (Å²) in [5, 5.41) is 59.7. The van der Waals surface area contributed by atoms with Crippen LogP contribution >= 0.6 is 21.0 Å². The van der Waals surface area contributed by atoms with Gasteiger partial charge in [0, 0.05) is 28.8 Å². The standard InChI is InChI=1S/C21H25FNO2P.C17H24O5S/c1-14(13-24)21-16(12-23(21)18-7-5-17(22)6-8-18)4-11-20(25)15-2-9-19(26)10-3-15;1-3-10(2)11-4-6-12(7-5-11)23-9-14-16(20)17(21)15(19)13(8-18)22-14/h2-3,5-10,13,16,20-21,24-25H,4,11-12,26H2,1H3;4-7,13-21H,2-3,8-9H2,1H3/b14-13-;. The lowest BCUT2D eigenvalue weighted by Gasteiger charge is -2.50. The predicted molar refractivity (Wildman–Crippen MR) is 198 cm³/mol. The Morgan fingerprint density at radius 1 is 1.00 bits per heavy atom. The molecule has 266 valence electrons. The van der Waals surface area contributed by atoms with Crippen LogP contribution in [0, 0.1) is 11.7 Å². The van der Waals surface area contributed by atoms with Gasteiger partial charge in [-0.15, -0.1) is 21.0 Å². The molecule has 2 heterocycles. The molecule has 0 amide bonds. The van der Waals surface area contributed by atoms with Crippen LogP contribution in [-0.4, -0.2) is 86.1 Å². The first-order valence-corrected chi connectivity index (χ1v) is 18.1. The molecule has 2 aliphatic rings. The summed E-state index contributed by atoms with van der Waals surface area (Å²) in [6.45, 7) is 8.39. The molecule has 2 fully saturated rings. The van der Waals surface area contributed by atoms with Crippen molar-refractivity contribution in [2.24, 2.45) is 5.92 Å². The van der Waals surface area contributed by atoms with Crippen LogP contribution in [0.4, 0.5) is 10.1 Å². The summed E-state index contributed by atoms with van der Waals surface area (Å²) in [6.07, 6.45) is -2.21. The van der Waals surface area contributed by atoms with Crippen molar-refractivity contribution in [1.29, 1.82) is 0 Å². The van der Waals surface area contributed by atoms with Gasteiger partial charge in [0.25, 0.3) is 0 Å². The van der Waals surface area contributed by atoms with Crippen molar-refractivity contribution in [2.45, 2.75) is 80.7 Å². The van der Waals surface area contributed by atoms with Crippen LogP contribution in [0.5, 0.6) is 0 Å². The van der Waals surface area contributed by atoms with E-state index < -0.39 is 43.2 Å². The van der Waals surface area contributed by atoms with Gasteiger partial charge in [-0.25, -0.2) is 4.39 Å². The van der Waals surface area contributed by atoms with E-state index in [1.807, 2.05) is 55.5 Å². The second-order valence-electron chi connectivity index (χ2n) is 12.6. The van der Waals surface area contributed by atoms with Gasteiger partial charge < -0.3 is 40.3 Å². The zero-order chi connectivity index (χ0) is 35.7. The molecule has 2 aliphatic heterocycles. The molecule has 0 bridgehead atoms. The maximum atomic E-state index is 13.2. The lowest BCUT2D eigenvalue weighted by Crippen LogP contribution is -2.59. The van der Waals surface area contributed by atoms with E-state index in [0.29, 0.717) is 18.1 Å². The quantitative estimate of drug-likeness (QED) is 0.0857. The van der Waals surface area contributed by atoms with Gasteiger partial charge >= 0.3 is 0 Å². The highest BCUT2D eigenvalue weighted by molar-refractivity contribution is 7.99. The number of nitrogens with zero attached hydrogens (tertiary/aromatic N) is 1. The first kappa shape index (κ1) is 39.0. The molecule has 11 heteroatoms. The second kappa shape index (κ2) is 18.4. The molecule has 0 aromatic heterocycles. The van der Waals surface area contributed by atoms with E-state index in [2.05, 4.69) is 27.6 Å². The van der Waals surface area contributed by atoms with Crippen LogP contribution in [0.3, 0.4) is 0 Å². The van der Waals surface area contributed by atoms with Crippen LogP contribution in [0.1, 0.15) is 50.3 Å². The van der Waals surface area contributed by atoms with E-state index in [0.717, 1.165) is 63.8 Å². The minimum absolute atomic E-state index is 0.0760. The van der Waals surface area contributed by atoms with Crippen molar-refractivity contribution >= 4 is 37.6 Å². The maximum absolute atomic E-state index is 13.2. The van der Waals surface area contributed by atoms with Crippen LogP contribution < -0.4 is 10.2 Å². The number of thioether (sulfide) groups is 1. The van der Waals surface area contributed by atoms with E-state index in [1.54, 1.807) is 12.1 Å². The molecular weight excluding hydrogens is 664 g/mol. The maximum Gasteiger partial charge on any atom is 0.123 e. The van der Waals surface area contributed by atoms with Gasteiger partial charge in [0.15, 0.2) is 0 Å². The number of hydrogen-bond acceptors (Lipinski definition) is 9. The molecule has 5 rings (SSSR count). The third-order valence-corrected chi connectivity index (χ3v) is 10.8. The zero-order valence-electron chi connectivity index (χ0n) is 28.0. The van der Waals surface area contributed by atoms with Gasteiger partial charge in [0.05, 0.1) is 31.1 Å². The number of hydrogen-bond donors (Lipinski definition) is 6. The number of halogens is 1. The van der Waals surface area contributed by atoms with E-state index in [-0.39, 0.29) is 11.9 Å². The smallest absolute Gasteiger partial charge is 0.123 e. The van der Waals surface area contributed by atoms with Gasteiger partial charge in [0.2, 0.25) is 0 Å². The van der Waals surface area contributed by atoms with Gasteiger partial charge in [0.1, 0.15) is 30.2 Å². The van der Waals surface area contributed by atoms with Crippen LogP contribution in [0.2, 0.25) is 0 Å². The Hall–Kier alpha value is -2.79. The molecule has 8 nitrogen and oxygen atoms in total. The Labute approximate surface area is 295 Å². The van der Waals surface area contributed by atoms with Crippen LogP contribution in [0.25, 0.3) is 5.57 Å². The first-order valence-electron chi connectivity index (χ1n) is 16.5. The minimum atomic E-state index is -1.32. The van der Waals surface area contributed by atoms with Crippen molar-refractivity contribution in [3.05, 3.63) is 108 Å². The molecule has 9 atom stereocenters. The van der Waals surface area contributed by atoms with Crippen LogP contribution in [-0.2, 0) is 4.74 Å². The molecule has 0 radical (unpaired) electrons. The Balaban J connectivity index is 0.000000223. The normalized spacial score (nSPS) is 25.9. The number of rotatable bonds is 12. The van der Waals surface area contributed by atoms with Crippen molar-refractivity contribution < 1.29 is 39.8 Å². The average molecular weight is 714 g/mol. The van der Waals surface area contributed by atoms with E-state index in [1.165, 1.54) is 23.9 Å². The Kier molecular flexibility index (Phi) is 14.7. The van der Waals surface area contributed by atoms with Crippen molar-refractivity contribution in [3.8, 4) is 0 Å². The molecule has 0 aliphatic carbocycles. The molecule has 2 saturated heterocycles. The minimum Gasteiger partial charge on any atom is -0.516 e. The number of aliphatic hydroxyl groups excluding tert-OH is 6. The molecule has 0 spiro atoms. The second-order valence-corrected chi connectivity index (χ2v) is 14.4. The van der Waals surface area contributed by atoms with E-state index >= 15 is 0 Å². The first-order chi connectivity index (χ1) is 23.5. The fraction of sp³-hybridized carbons (Fsp3) is 0.421. The molecule has 9 unspecified atom stereocenters. The lowest BCUT2D eigenvalue weighted by molar-refractivity contribution is -0.222. The zero-order valence-corrected chi connectivity index (χ0v) is 29.9. The van der Waals surface area contributed by atoms with Crippen molar-refractivity contribution in [3.63, 3.8) is 0 Å². The molecule has 6 N–H and O–H groups in total. The summed E-state index contributed by atoms with van der Waals surface area (Å²) in [5.41, 5.74) is 4.94. The number of allylic oxidation sites excluding steroid dienone is 1. The van der Waals surface area contributed by atoms with Crippen molar-refractivity contribution in [1.82, 2.24) is 0 Å². The molecule has 49 heavy (non-hydrogen) atoms. The molecule has 3 aromatic carbocycles. The Morgan fingerprint density at radius 2 is 1.63 bits per heavy atom. The average Bonchev–Trinajstić information content (AvgIpc) is 3.11. The highest BCUT2D eigenvalue weighted by Crippen LogP contribution is 2.39. The van der Waals surface area contributed by atoms with Gasteiger partial charge in [-0.2, -0.15) is 0 Å². The monoisotopic (exact) mass is 713 g/mol. The summed E-state index contributed by atoms with van der Waals surface area (Å²) in [4.78, 5) is 3.18. The highest BCUT2D eigenvalue weighted by Gasteiger charge is 2.43. The number of ether oxygens (including phenoxy) is 1. The van der Waals surface area contributed by atoms with E-state index in [9.17, 15) is 35.0 Å². The highest BCUT2D eigenvalue weighted by atomic mass is 32.2. The largest absolute Gasteiger partial charge is 0.516 e. The fourth-order valence-electron chi connectivity index (χ4n) is 6.17. The third-order valence-electron chi connectivity index (χ3n) is 9.27. The number of benzene rings is 3. The van der Waals surface area contributed by atoms with Crippen LogP contribution in [0.15, 0.2) is 96.1 Å². The molecule has 0 saturated carbocycles. The Morgan fingerprint density at radius 3 is 2.22 bits per heavy atom. The predicted octanol–water partition coefficient (Wildman–Crippen LogP) is 5.15. The molecular formula is C38H49FNO7PS. The Bertz CT molecular complexity index is 1510. The summed E-state index contributed by atoms with van der Waals surface area (Å²) < 4.78 is 18.7. The fourth-order valence-corrected chi connectivity index (χ4v) is 7.32. The van der Waals surface area contributed by atoms with Gasteiger partial charge in [-0.1, -0.05) is 49.9 Å². The summed E-state index contributed by atoms with van der Waals surface area (Å²) in [7, 11) is 2.64. The lowest BCUT2D eigenvalue weighted by atomic mass is 9.79. The van der Waals surface area contributed by atoms with Crippen molar-refractivity contribution in [2.75, 3.05) is 23.8 Å². The summed E-state index contributed by atoms with van der Waals surface area (Å²) >= 11 is 1.49. The molecule has 3 aromatic rings. The SMILES string of the molecule is C/C(=C/O)C1C(CCC(O)c2ccc(P)cc2)CN1c1ccc(F)cc1.C=C(CC)c1ccc(SCC2OC(CO)C(O)C(O)C2O)cc1. The summed E-state index contributed by atoms with van der Waals surface area (Å²) in [5.74, 6) is 0.505. The van der Waals surface area contributed by atoms with E-state index in [4.69, 9.17) is 4.74 Å². The third kappa shape index (κ3) is 10.1. The van der Waals surface area contributed by atoms with Gasteiger partial charge in [-0.3, -0.25) is 0 Å². The van der Waals surface area contributed by atoms with Gasteiger partial charge in [-0.05, 0) is 90.2 Å². The number of aliphatic hydroxyl groups is 6. The summed E-state index contributed by atoms with van der Waals surface area (Å²) in [6, 6.07) is 22.3. The number of anilines is 1.